The third-order valence-corrected chi connectivity index (χ3v) is 3.55. The molecule has 1 rings (SSSR count). The monoisotopic (exact) mass is 231 g/mol. The van der Waals surface area contributed by atoms with Crippen LogP contribution in [-0.4, -0.2) is 53.9 Å². The standard InChI is InChI=1S/C8H17NO3S.Na.H/c1-7(13(10,11)12)9-8-5-3-2-4-6-8;;/h7-9H,2-6H2,1H3,(H,10,11,12);;. The van der Waals surface area contributed by atoms with Crippen LogP contribution >= 0.6 is 0 Å². The van der Waals surface area contributed by atoms with Crippen LogP contribution in [0.5, 0.6) is 0 Å². The zero-order valence-corrected chi connectivity index (χ0v) is 8.68. The van der Waals surface area contributed by atoms with Gasteiger partial charge in [0, 0.05) is 6.04 Å². The van der Waals surface area contributed by atoms with Gasteiger partial charge >= 0.3 is 29.6 Å². The molecule has 1 aliphatic rings. The molecule has 0 radical (unpaired) electrons. The summed E-state index contributed by atoms with van der Waals surface area (Å²) < 4.78 is 30.1. The van der Waals surface area contributed by atoms with Crippen molar-refractivity contribution in [3.63, 3.8) is 0 Å². The molecule has 0 spiro atoms. The van der Waals surface area contributed by atoms with E-state index in [9.17, 15) is 8.42 Å². The summed E-state index contributed by atoms with van der Waals surface area (Å²) in [5.41, 5.74) is 0. The zero-order valence-electron chi connectivity index (χ0n) is 7.86. The number of hydrogen-bond acceptors (Lipinski definition) is 3. The van der Waals surface area contributed by atoms with Gasteiger partial charge in [-0.1, -0.05) is 19.3 Å². The quantitative estimate of drug-likeness (QED) is 0.548. The Morgan fingerprint density at radius 1 is 1.29 bits per heavy atom. The van der Waals surface area contributed by atoms with Crippen molar-refractivity contribution >= 4 is 39.7 Å². The molecule has 14 heavy (non-hydrogen) atoms. The summed E-state index contributed by atoms with van der Waals surface area (Å²) in [7, 11) is -3.91. The average Bonchev–Trinajstić information content (AvgIpc) is 2.04. The molecule has 2 N–H and O–H groups in total. The molecule has 0 bridgehead atoms. The van der Waals surface area contributed by atoms with Crippen molar-refractivity contribution in [3.8, 4) is 0 Å². The van der Waals surface area contributed by atoms with Crippen molar-refractivity contribution in [1.29, 1.82) is 0 Å². The van der Waals surface area contributed by atoms with Crippen LogP contribution in [0.15, 0.2) is 0 Å². The van der Waals surface area contributed by atoms with Crippen molar-refractivity contribution in [2.75, 3.05) is 0 Å². The predicted octanol–water partition coefficient (Wildman–Crippen LogP) is 0.494. The van der Waals surface area contributed by atoms with Gasteiger partial charge in [-0.2, -0.15) is 8.42 Å². The molecule has 1 fully saturated rings. The third-order valence-electron chi connectivity index (χ3n) is 2.52. The van der Waals surface area contributed by atoms with Crippen LogP contribution in [0, 0.1) is 0 Å². The molecule has 0 aliphatic heterocycles. The van der Waals surface area contributed by atoms with E-state index < -0.39 is 15.5 Å². The maximum absolute atomic E-state index is 10.7. The predicted molar refractivity (Wildman–Crippen MR) is 58.2 cm³/mol. The Morgan fingerprint density at radius 3 is 2.21 bits per heavy atom. The Morgan fingerprint density at radius 2 is 1.79 bits per heavy atom. The summed E-state index contributed by atoms with van der Waals surface area (Å²) in [6, 6.07) is 0.255. The Labute approximate surface area is 108 Å². The van der Waals surface area contributed by atoms with Crippen LogP contribution in [0.2, 0.25) is 0 Å². The Hall–Kier alpha value is 0.870. The van der Waals surface area contributed by atoms with Crippen molar-refractivity contribution in [2.45, 2.75) is 50.4 Å². The van der Waals surface area contributed by atoms with Gasteiger partial charge in [-0.3, -0.25) is 9.87 Å². The third kappa shape index (κ3) is 5.09. The summed E-state index contributed by atoms with van der Waals surface area (Å²) in [6.07, 6.45) is 5.56. The van der Waals surface area contributed by atoms with Gasteiger partial charge in [0.1, 0.15) is 5.37 Å². The molecule has 0 saturated heterocycles. The number of hydrogen-bond donors (Lipinski definition) is 2. The molecule has 4 nitrogen and oxygen atoms in total. The number of rotatable bonds is 3. The second kappa shape index (κ2) is 6.45. The van der Waals surface area contributed by atoms with Crippen LogP contribution in [0.1, 0.15) is 39.0 Å². The first-order valence-corrected chi connectivity index (χ1v) is 6.23. The Balaban J connectivity index is 0.00000169. The molecular weight excluding hydrogens is 213 g/mol. The van der Waals surface area contributed by atoms with E-state index >= 15 is 0 Å². The normalized spacial score (nSPS) is 21.3. The summed E-state index contributed by atoms with van der Waals surface area (Å²) in [4.78, 5) is 0. The van der Waals surface area contributed by atoms with Crippen LogP contribution in [0.4, 0.5) is 0 Å². The fourth-order valence-corrected chi connectivity index (χ4v) is 2.05. The molecule has 1 atom stereocenters. The summed E-state index contributed by atoms with van der Waals surface area (Å²) in [5.74, 6) is 0. The topological polar surface area (TPSA) is 66.4 Å². The first-order valence-electron chi connectivity index (χ1n) is 4.72. The van der Waals surface area contributed by atoms with E-state index in [-0.39, 0.29) is 35.6 Å². The molecule has 0 aromatic rings. The molecule has 0 amide bonds. The van der Waals surface area contributed by atoms with Crippen molar-refractivity contribution in [2.24, 2.45) is 0 Å². The first-order chi connectivity index (χ1) is 6.00. The van der Waals surface area contributed by atoms with Gasteiger partial charge in [0.15, 0.2) is 0 Å². The Kier molecular flexibility index (Phi) is 6.85. The van der Waals surface area contributed by atoms with Gasteiger partial charge in [-0.15, -0.1) is 0 Å². The molecule has 0 aromatic carbocycles. The second-order valence-corrected chi connectivity index (χ2v) is 5.40. The van der Waals surface area contributed by atoms with Crippen LogP contribution in [-0.2, 0) is 10.1 Å². The van der Waals surface area contributed by atoms with E-state index in [2.05, 4.69) is 5.32 Å². The molecule has 0 heterocycles. The zero-order chi connectivity index (χ0) is 9.90. The van der Waals surface area contributed by atoms with Crippen molar-refractivity contribution in [1.82, 2.24) is 5.32 Å². The van der Waals surface area contributed by atoms with E-state index in [1.807, 2.05) is 0 Å². The van der Waals surface area contributed by atoms with E-state index in [1.54, 1.807) is 0 Å². The Bertz CT molecular complexity index is 249. The molecule has 1 unspecified atom stereocenters. The summed E-state index contributed by atoms with van der Waals surface area (Å²) in [5, 5.41) is 2.08. The fraction of sp³-hybridized carbons (Fsp3) is 1.00. The first kappa shape index (κ1) is 14.9. The second-order valence-electron chi connectivity index (χ2n) is 3.66. The van der Waals surface area contributed by atoms with Gasteiger partial charge in [0.05, 0.1) is 0 Å². The van der Waals surface area contributed by atoms with Crippen LogP contribution < -0.4 is 5.32 Å². The minimum atomic E-state index is -3.91. The number of nitrogens with one attached hydrogen (secondary N) is 1. The van der Waals surface area contributed by atoms with E-state index in [1.165, 1.54) is 13.3 Å². The molecule has 80 valence electrons. The van der Waals surface area contributed by atoms with Crippen LogP contribution in [0.3, 0.4) is 0 Å². The van der Waals surface area contributed by atoms with E-state index in [4.69, 9.17) is 4.55 Å². The van der Waals surface area contributed by atoms with Gasteiger partial charge in [0.25, 0.3) is 10.1 Å². The van der Waals surface area contributed by atoms with Gasteiger partial charge in [0.2, 0.25) is 0 Å². The van der Waals surface area contributed by atoms with Crippen LogP contribution in [0.25, 0.3) is 0 Å². The molecule has 1 saturated carbocycles. The molecular formula is C8H18NNaO3S. The summed E-state index contributed by atoms with van der Waals surface area (Å²) in [6.45, 7) is 1.48. The van der Waals surface area contributed by atoms with Gasteiger partial charge in [-0.05, 0) is 19.8 Å². The molecule has 1 aliphatic carbocycles. The van der Waals surface area contributed by atoms with Gasteiger partial charge in [-0.25, -0.2) is 0 Å². The maximum atomic E-state index is 10.7. The molecule has 0 aromatic heterocycles. The minimum absolute atomic E-state index is 0. The van der Waals surface area contributed by atoms with Gasteiger partial charge < -0.3 is 0 Å². The fourth-order valence-electron chi connectivity index (χ4n) is 1.69. The van der Waals surface area contributed by atoms with E-state index in [0.29, 0.717) is 0 Å². The van der Waals surface area contributed by atoms with Crippen molar-refractivity contribution in [3.05, 3.63) is 0 Å². The summed E-state index contributed by atoms with van der Waals surface area (Å²) >= 11 is 0. The van der Waals surface area contributed by atoms with Crippen molar-refractivity contribution < 1.29 is 13.0 Å². The SMILES string of the molecule is CC(NC1CCCCC1)S(=O)(=O)O.[NaH]. The molecule has 6 heteroatoms. The van der Waals surface area contributed by atoms with E-state index in [0.717, 1.165) is 25.7 Å². The average molecular weight is 231 g/mol.